The van der Waals surface area contributed by atoms with E-state index in [1.165, 1.54) is 7.11 Å². The summed E-state index contributed by atoms with van der Waals surface area (Å²) in [7, 11) is 1.47. The quantitative estimate of drug-likeness (QED) is 0.652. The van der Waals surface area contributed by atoms with Crippen molar-refractivity contribution in [1.29, 1.82) is 0 Å². The summed E-state index contributed by atoms with van der Waals surface area (Å²) in [5.41, 5.74) is 5.74. The van der Waals surface area contributed by atoms with E-state index < -0.39 is 0 Å². The van der Waals surface area contributed by atoms with Crippen molar-refractivity contribution in [3.63, 3.8) is 0 Å². The van der Waals surface area contributed by atoms with Crippen molar-refractivity contribution in [3.05, 3.63) is 23.8 Å². The van der Waals surface area contributed by atoms with E-state index in [-0.39, 0.29) is 24.9 Å². The molecule has 0 saturated carbocycles. The van der Waals surface area contributed by atoms with Crippen molar-refractivity contribution < 1.29 is 23.8 Å². The lowest BCUT2D eigenvalue weighted by molar-refractivity contribution is -0.143. The van der Waals surface area contributed by atoms with Crippen LogP contribution in [0.1, 0.15) is 23.7 Å². The van der Waals surface area contributed by atoms with Crippen LogP contribution in [-0.2, 0) is 9.53 Å². The number of rotatable bonds is 9. The van der Waals surface area contributed by atoms with Crippen LogP contribution in [0.3, 0.4) is 0 Å². The standard InChI is InChI=1S/C15H22N2O5/c1-3-21-14(18)6-9-22-11-4-5-12(13(10-11)20-2)15(19)17-8-7-16/h4-5,10H,3,6-9,16H2,1-2H3,(H,17,19). The van der Waals surface area contributed by atoms with E-state index in [9.17, 15) is 9.59 Å². The number of nitrogens with one attached hydrogen (secondary N) is 1. The first-order valence-corrected chi connectivity index (χ1v) is 7.07. The molecule has 0 aliphatic carbocycles. The molecule has 7 nitrogen and oxygen atoms in total. The van der Waals surface area contributed by atoms with Gasteiger partial charge in [0.15, 0.2) is 0 Å². The number of hydrogen-bond acceptors (Lipinski definition) is 6. The molecule has 0 bridgehead atoms. The number of benzene rings is 1. The van der Waals surface area contributed by atoms with Crippen LogP contribution in [0.2, 0.25) is 0 Å². The van der Waals surface area contributed by atoms with Crippen molar-refractivity contribution in [2.24, 2.45) is 5.73 Å². The highest BCUT2D eigenvalue weighted by molar-refractivity contribution is 5.97. The van der Waals surface area contributed by atoms with Gasteiger partial charge in [-0.3, -0.25) is 9.59 Å². The molecule has 22 heavy (non-hydrogen) atoms. The molecule has 0 radical (unpaired) electrons. The van der Waals surface area contributed by atoms with Crippen LogP contribution in [0, 0.1) is 0 Å². The number of carbonyl (C=O) groups is 2. The van der Waals surface area contributed by atoms with Crippen LogP contribution in [0.15, 0.2) is 18.2 Å². The second-order valence-corrected chi connectivity index (χ2v) is 4.31. The Morgan fingerprint density at radius 2 is 2.09 bits per heavy atom. The van der Waals surface area contributed by atoms with Gasteiger partial charge in [0.1, 0.15) is 11.5 Å². The number of hydrogen-bond donors (Lipinski definition) is 2. The fourth-order valence-corrected chi connectivity index (χ4v) is 1.72. The van der Waals surface area contributed by atoms with Crippen LogP contribution >= 0.6 is 0 Å². The molecule has 1 rings (SSSR count). The SMILES string of the molecule is CCOC(=O)CCOc1ccc(C(=O)NCCN)c(OC)c1. The average Bonchev–Trinajstić information content (AvgIpc) is 2.52. The molecule has 0 fully saturated rings. The summed E-state index contributed by atoms with van der Waals surface area (Å²) < 4.78 is 15.4. The van der Waals surface area contributed by atoms with E-state index in [4.69, 9.17) is 19.9 Å². The molecule has 7 heteroatoms. The highest BCUT2D eigenvalue weighted by atomic mass is 16.5. The monoisotopic (exact) mass is 310 g/mol. The van der Waals surface area contributed by atoms with Gasteiger partial charge in [0.05, 0.1) is 32.3 Å². The third kappa shape index (κ3) is 5.61. The van der Waals surface area contributed by atoms with Crippen LogP contribution in [0.25, 0.3) is 0 Å². The summed E-state index contributed by atoms with van der Waals surface area (Å²) in [6.45, 7) is 3.04. The van der Waals surface area contributed by atoms with Gasteiger partial charge in [0.2, 0.25) is 0 Å². The fourth-order valence-electron chi connectivity index (χ4n) is 1.72. The summed E-state index contributed by atoms with van der Waals surface area (Å²) in [6, 6.07) is 4.85. The third-order valence-corrected chi connectivity index (χ3v) is 2.73. The van der Waals surface area contributed by atoms with Gasteiger partial charge in [-0.1, -0.05) is 0 Å². The van der Waals surface area contributed by atoms with Gasteiger partial charge in [-0.05, 0) is 19.1 Å². The molecule has 3 N–H and O–H groups in total. The van der Waals surface area contributed by atoms with Gasteiger partial charge < -0.3 is 25.3 Å². The lowest BCUT2D eigenvalue weighted by Crippen LogP contribution is -2.29. The van der Waals surface area contributed by atoms with Crippen LogP contribution in [-0.4, -0.2) is 45.3 Å². The van der Waals surface area contributed by atoms with Crippen molar-refractivity contribution in [3.8, 4) is 11.5 Å². The molecule has 0 aromatic heterocycles. The lowest BCUT2D eigenvalue weighted by Gasteiger charge is -2.11. The molecule has 122 valence electrons. The van der Waals surface area contributed by atoms with Gasteiger partial charge >= 0.3 is 5.97 Å². The molecule has 0 aliphatic rings. The van der Waals surface area contributed by atoms with Crippen LogP contribution < -0.4 is 20.5 Å². The van der Waals surface area contributed by atoms with E-state index in [1.54, 1.807) is 25.1 Å². The van der Waals surface area contributed by atoms with Crippen LogP contribution in [0.5, 0.6) is 11.5 Å². The Bertz CT molecular complexity index is 505. The predicted octanol–water partition coefficient (Wildman–Crippen LogP) is 0.716. The molecule has 0 heterocycles. The highest BCUT2D eigenvalue weighted by Crippen LogP contribution is 2.24. The van der Waals surface area contributed by atoms with E-state index >= 15 is 0 Å². The van der Waals surface area contributed by atoms with Gasteiger partial charge in [-0.2, -0.15) is 0 Å². The minimum Gasteiger partial charge on any atom is -0.496 e. The number of carbonyl (C=O) groups excluding carboxylic acids is 2. The minimum atomic E-state index is -0.313. The molecule has 0 unspecified atom stereocenters. The Balaban J connectivity index is 2.64. The largest absolute Gasteiger partial charge is 0.496 e. The molecule has 0 spiro atoms. The second-order valence-electron chi connectivity index (χ2n) is 4.31. The number of ether oxygens (including phenoxy) is 3. The van der Waals surface area contributed by atoms with Crippen LogP contribution in [0.4, 0.5) is 0 Å². The molecular formula is C15H22N2O5. The Morgan fingerprint density at radius 1 is 1.32 bits per heavy atom. The molecule has 0 atom stereocenters. The summed E-state index contributed by atoms with van der Waals surface area (Å²) in [4.78, 5) is 23.1. The Kier molecular flexibility index (Phi) is 7.77. The van der Waals surface area contributed by atoms with E-state index in [1.807, 2.05) is 0 Å². The van der Waals surface area contributed by atoms with Gasteiger partial charge in [-0.25, -0.2) is 0 Å². The summed E-state index contributed by atoms with van der Waals surface area (Å²) in [5, 5.41) is 2.67. The molecule has 1 aromatic rings. The van der Waals surface area contributed by atoms with Crippen molar-refractivity contribution in [2.45, 2.75) is 13.3 Å². The zero-order valence-electron chi connectivity index (χ0n) is 12.9. The van der Waals surface area contributed by atoms with E-state index in [0.29, 0.717) is 36.8 Å². The number of nitrogens with two attached hydrogens (primary N) is 1. The Morgan fingerprint density at radius 3 is 2.73 bits per heavy atom. The molecule has 0 saturated heterocycles. The van der Waals surface area contributed by atoms with Crippen molar-refractivity contribution in [2.75, 3.05) is 33.4 Å². The first-order chi connectivity index (χ1) is 10.6. The second kappa shape index (κ2) is 9.62. The lowest BCUT2D eigenvalue weighted by atomic mass is 10.1. The third-order valence-electron chi connectivity index (χ3n) is 2.73. The van der Waals surface area contributed by atoms with E-state index in [2.05, 4.69) is 5.32 Å². The average molecular weight is 310 g/mol. The summed E-state index contributed by atoms with van der Waals surface area (Å²) >= 11 is 0. The molecule has 0 aliphatic heterocycles. The van der Waals surface area contributed by atoms with E-state index in [0.717, 1.165) is 0 Å². The summed E-state index contributed by atoms with van der Waals surface area (Å²) in [5.74, 6) is 0.326. The number of amides is 1. The number of esters is 1. The molecule has 1 amide bonds. The van der Waals surface area contributed by atoms with Gasteiger partial charge in [-0.15, -0.1) is 0 Å². The molecule has 1 aromatic carbocycles. The predicted molar refractivity (Wildman–Crippen MR) is 81.1 cm³/mol. The first-order valence-electron chi connectivity index (χ1n) is 7.07. The zero-order valence-corrected chi connectivity index (χ0v) is 12.9. The summed E-state index contributed by atoms with van der Waals surface area (Å²) in [6.07, 6.45) is 0.162. The Labute approximate surface area is 129 Å². The first kappa shape index (κ1) is 17.8. The smallest absolute Gasteiger partial charge is 0.309 e. The minimum absolute atomic E-state index is 0.162. The maximum Gasteiger partial charge on any atom is 0.309 e. The highest BCUT2D eigenvalue weighted by Gasteiger charge is 2.13. The molecular weight excluding hydrogens is 288 g/mol. The van der Waals surface area contributed by atoms with Crippen molar-refractivity contribution >= 4 is 11.9 Å². The Hall–Kier alpha value is -2.28. The number of methoxy groups -OCH3 is 1. The maximum absolute atomic E-state index is 11.9. The topological polar surface area (TPSA) is 99.9 Å². The van der Waals surface area contributed by atoms with Crippen molar-refractivity contribution in [1.82, 2.24) is 5.32 Å². The van der Waals surface area contributed by atoms with Gasteiger partial charge in [0, 0.05) is 19.2 Å². The maximum atomic E-state index is 11.9. The van der Waals surface area contributed by atoms with Gasteiger partial charge in [0.25, 0.3) is 5.91 Å². The zero-order chi connectivity index (χ0) is 16.4. The fraction of sp³-hybridized carbons (Fsp3) is 0.467. The normalized spacial score (nSPS) is 9.95.